The Kier molecular flexibility index (Phi) is 4.73. The fourth-order valence-corrected chi connectivity index (χ4v) is 3.08. The van der Waals surface area contributed by atoms with E-state index in [2.05, 4.69) is 17.3 Å². The molecule has 2 heterocycles. The van der Waals surface area contributed by atoms with Gasteiger partial charge in [-0.3, -0.25) is 4.79 Å². The summed E-state index contributed by atoms with van der Waals surface area (Å²) in [6, 6.07) is 6.95. The molecule has 0 aliphatic carbocycles. The van der Waals surface area contributed by atoms with Crippen molar-refractivity contribution in [3.63, 3.8) is 0 Å². The maximum absolute atomic E-state index is 12.3. The van der Waals surface area contributed by atoms with Crippen LogP contribution in [0.2, 0.25) is 5.02 Å². The van der Waals surface area contributed by atoms with Gasteiger partial charge in [0.15, 0.2) is 0 Å². The van der Waals surface area contributed by atoms with Crippen LogP contribution >= 0.6 is 11.6 Å². The summed E-state index contributed by atoms with van der Waals surface area (Å²) in [5.41, 5.74) is 0.816. The zero-order valence-corrected chi connectivity index (χ0v) is 13.9. The highest BCUT2D eigenvalue weighted by Gasteiger charge is 2.32. The van der Waals surface area contributed by atoms with Gasteiger partial charge in [-0.25, -0.2) is 4.79 Å². The first-order valence-electron chi connectivity index (χ1n) is 7.83. The molecule has 3 amide bonds. The molecular weight excluding hydrogens is 316 g/mol. The molecule has 0 saturated carbocycles. The van der Waals surface area contributed by atoms with Crippen molar-refractivity contribution in [3.8, 4) is 0 Å². The zero-order valence-electron chi connectivity index (χ0n) is 13.2. The lowest BCUT2D eigenvalue weighted by molar-refractivity contribution is -0.117. The number of halogens is 1. The van der Waals surface area contributed by atoms with Crippen molar-refractivity contribution in [1.82, 2.24) is 15.1 Å². The van der Waals surface area contributed by atoms with Crippen LogP contribution in [-0.2, 0) is 4.79 Å². The van der Waals surface area contributed by atoms with Crippen molar-refractivity contribution >= 4 is 29.2 Å². The number of carbonyl (C=O) groups is 2. The Morgan fingerprint density at radius 2 is 1.83 bits per heavy atom. The third kappa shape index (κ3) is 3.76. The van der Waals surface area contributed by atoms with Gasteiger partial charge in [0.05, 0.1) is 6.04 Å². The molecular formula is C16H21ClN4O2. The molecule has 0 radical (unpaired) electrons. The number of anilines is 1. The summed E-state index contributed by atoms with van der Waals surface area (Å²) < 4.78 is 0. The van der Waals surface area contributed by atoms with Gasteiger partial charge in [-0.2, -0.15) is 0 Å². The van der Waals surface area contributed by atoms with Gasteiger partial charge in [0.2, 0.25) is 5.91 Å². The average Bonchev–Trinajstić information content (AvgIpc) is 2.89. The molecule has 2 aliphatic rings. The standard InChI is InChI=1S/C16H21ClN4O2/c1-19-6-8-20(9-7-19)16(23)18-13-10-15(22)21(11-13)14-4-2-12(17)3-5-14/h2-5,13H,6-11H2,1H3,(H,18,23)/t13-/m1/s1. The maximum atomic E-state index is 12.3. The molecule has 0 spiro atoms. The SMILES string of the molecule is CN1CCN(C(=O)N[C@@H]2CC(=O)N(c3ccc(Cl)cc3)C2)CC1. The molecule has 0 bridgehead atoms. The van der Waals surface area contributed by atoms with Crippen molar-refractivity contribution in [2.45, 2.75) is 12.5 Å². The van der Waals surface area contributed by atoms with Gasteiger partial charge in [0.25, 0.3) is 0 Å². The largest absolute Gasteiger partial charge is 0.333 e. The molecule has 1 N–H and O–H groups in total. The van der Waals surface area contributed by atoms with E-state index in [1.54, 1.807) is 17.0 Å². The summed E-state index contributed by atoms with van der Waals surface area (Å²) in [7, 11) is 2.05. The fourth-order valence-electron chi connectivity index (χ4n) is 2.95. The number of carbonyl (C=O) groups excluding carboxylic acids is 2. The first-order valence-corrected chi connectivity index (χ1v) is 8.20. The van der Waals surface area contributed by atoms with Gasteiger partial charge >= 0.3 is 6.03 Å². The summed E-state index contributed by atoms with van der Waals surface area (Å²) in [6.45, 7) is 3.72. The summed E-state index contributed by atoms with van der Waals surface area (Å²) in [4.78, 5) is 30.2. The first kappa shape index (κ1) is 16.1. The Balaban J connectivity index is 1.57. The van der Waals surface area contributed by atoms with Gasteiger partial charge in [-0.15, -0.1) is 0 Å². The molecule has 2 fully saturated rings. The summed E-state index contributed by atoms with van der Waals surface area (Å²) in [5.74, 6) is 0.0241. The van der Waals surface area contributed by atoms with E-state index in [1.807, 2.05) is 17.0 Å². The minimum Gasteiger partial charge on any atom is -0.333 e. The lowest BCUT2D eigenvalue weighted by atomic mass is 10.2. The minimum absolute atomic E-state index is 0.0241. The van der Waals surface area contributed by atoms with Crippen molar-refractivity contribution in [2.75, 3.05) is 44.7 Å². The topological polar surface area (TPSA) is 55.9 Å². The highest BCUT2D eigenvalue weighted by atomic mass is 35.5. The molecule has 6 nitrogen and oxygen atoms in total. The van der Waals surface area contributed by atoms with Crippen molar-refractivity contribution in [1.29, 1.82) is 0 Å². The van der Waals surface area contributed by atoms with E-state index in [0.29, 0.717) is 18.0 Å². The number of piperazine rings is 1. The van der Waals surface area contributed by atoms with Crippen LogP contribution in [0.3, 0.4) is 0 Å². The lowest BCUT2D eigenvalue weighted by Gasteiger charge is -2.33. The van der Waals surface area contributed by atoms with Crippen LogP contribution in [0.4, 0.5) is 10.5 Å². The highest BCUT2D eigenvalue weighted by molar-refractivity contribution is 6.30. The highest BCUT2D eigenvalue weighted by Crippen LogP contribution is 2.23. The van der Waals surface area contributed by atoms with Crippen LogP contribution in [-0.4, -0.2) is 67.6 Å². The smallest absolute Gasteiger partial charge is 0.317 e. The maximum Gasteiger partial charge on any atom is 0.317 e. The average molecular weight is 337 g/mol. The van der Waals surface area contributed by atoms with E-state index < -0.39 is 0 Å². The Hall–Kier alpha value is -1.79. The predicted molar refractivity (Wildman–Crippen MR) is 89.8 cm³/mol. The Labute approximate surface area is 141 Å². The molecule has 3 rings (SSSR count). The third-order valence-corrected chi connectivity index (χ3v) is 4.63. The zero-order chi connectivity index (χ0) is 16.4. The number of amides is 3. The number of likely N-dealkylation sites (N-methyl/N-ethyl adjacent to an activating group) is 1. The number of rotatable bonds is 2. The first-order chi connectivity index (χ1) is 11.0. The lowest BCUT2D eigenvalue weighted by Crippen LogP contribution is -2.52. The van der Waals surface area contributed by atoms with Gasteiger partial charge in [0, 0.05) is 49.9 Å². The van der Waals surface area contributed by atoms with Gasteiger partial charge in [0.1, 0.15) is 0 Å². The quantitative estimate of drug-likeness (QED) is 0.888. The molecule has 0 unspecified atom stereocenters. The minimum atomic E-state index is -0.148. The molecule has 7 heteroatoms. The predicted octanol–water partition coefficient (Wildman–Crippen LogP) is 1.40. The summed E-state index contributed by atoms with van der Waals surface area (Å²) in [5, 5.41) is 3.62. The monoisotopic (exact) mass is 336 g/mol. The van der Waals surface area contributed by atoms with Crippen molar-refractivity contribution in [3.05, 3.63) is 29.3 Å². The van der Waals surface area contributed by atoms with Crippen LogP contribution in [0.1, 0.15) is 6.42 Å². The second-order valence-electron chi connectivity index (χ2n) is 6.12. The fraction of sp³-hybridized carbons (Fsp3) is 0.500. The molecule has 124 valence electrons. The number of nitrogens with zero attached hydrogens (tertiary/aromatic N) is 3. The molecule has 23 heavy (non-hydrogen) atoms. The van der Waals surface area contributed by atoms with Crippen LogP contribution < -0.4 is 10.2 Å². The van der Waals surface area contributed by atoms with Gasteiger partial charge < -0.3 is 20.0 Å². The normalized spacial score (nSPS) is 22.5. The number of nitrogens with one attached hydrogen (secondary N) is 1. The van der Waals surface area contributed by atoms with E-state index in [9.17, 15) is 9.59 Å². The Morgan fingerprint density at radius 1 is 1.17 bits per heavy atom. The Bertz CT molecular complexity index is 584. The van der Waals surface area contributed by atoms with Crippen molar-refractivity contribution < 1.29 is 9.59 Å². The van der Waals surface area contributed by atoms with Gasteiger partial charge in [-0.05, 0) is 31.3 Å². The van der Waals surface area contributed by atoms with Crippen LogP contribution in [0.25, 0.3) is 0 Å². The Morgan fingerprint density at radius 3 is 2.48 bits per heavy atom. The molecule has 1 aromatic carbocycles. The number of urea groups is 1. The van der Waals surface area contributed by atoms with E-state index in [-0.39, 0.29) is 18.0 Å². The molecule has 2 saturated heterocycles. The molecule has 1 aromatic rings. The van der Waals surface area contributed by atoms with E-state index in [1.165, 1.54) is 0 Å². The second kappa shape index (κ2) is 6.76. The molecule has 1 atom stereocenters. The van der Waals surface area contributed by atoms with Crippen LogP contribution in [0.5, 0.6) is 0 Å². The van der Waals surface area contributed by atoms with E-state index >= 15 is 0 Å². The summed E-state index contributed by atoms with van der Waals surface area (Å²) in [6.07, 6.45) is 0.335. The number of hydrogen-bond acceptors (Lipinski definition) is 3. The number of hydrogen-bond donors (Lipinski definition) is 1. The number of benzene rings is 1. The van der Waals surface area contributed by atoms with Crippen molar-refractivity contribution in [2.24, 2.45) is 0 Å². The second-order valence-corrected chi connectivity index (χ2v) is 6.56. The third-order valence-electron chi connectivity index (χ3n) is 4.38. The van der Waals surface area contributed by atoms with Crippen LogP contribution in [0, 0.1) is 0 Å². The van der Waals surface area contributed by atoms with Crippen LogP contribution in [0.15, 0.2) is 24.3 Å². The molecule has 2 aliphatic heterocycles. The molecule has 0 aromatic heterocycles. The van der Waals surface area contributed by atoms with E-state index in [0.717, 1.165) is 31.9 Å². The van der Waals surface area contributed by atoms with Gasteiger partial charge in [-0.1, -0.05) is 11.6 Å². The van der Waals surface area contributed by atoms with E-state index in [4.69, 9.17) is 11.6 Å². The summed E-state index contributed by atoms with van der Waals surface area (Å²) >= 11 is 5.88.